The van der Waals surface area contributed by atoms with Crippen LogP contribution in [0.1, 0.15) is 0 Å². The molecule has 0 aliphatic heterocycles. The summed E-state index contributed by atoms with van der Waals surface area (Å²) < 4.78 is 53.2. The van der Waals surface area contributed by atoms with Crippen LogP contribution in [0.15, 0.2) is 83.2 Å². The first kappa shape index (κ1) is 20.8. The normalized spacial score (nSPS) is 11.2. The molecule has 0 aliphatic carbocycles. The lowest BCUT2D eigenvalue weighted by atomic mass is 10.0. The fraction of sp³-hybridized carbons (Fsp3) is 0.0455. The van der Waals surface area contributed by atoms with Gasteiger partial charge in [-0.25, -0.2) is 17.8 Å². The monoisotopic (exact) mass is 456 g/mol. The molecule has 0 bridgehead atoms. The summed E-state index contributed by atoms with van der Waals surface area (Å²) in [5, 5.41) is 1.77. The minimum Gasteiger partial charge on any atom is -0.496 e. The number of nitrogens with one attached hydrogen (secondary N) is 1. The van der Waals surface area contributed by atoms with E-state index in [4.69, 9.17) is 9.47 Å². The van der Waals surface area contributed by atoms with Gasteiger partial charge in [0.1, 0.15) is 28.0 Å². The van der Waals surface area contributed by atoms with E-state index < -0.39 is 20.7 Å². The summed E-state index contributed by atoms with van der Waals surface area (Å²) in [5.74, 6) is 0.367. The quantitative estimate of drug-likeness (QED) is 0.394. The molecule has 1 N–H and O–H groups in total. The molecule has 3 aromatic carbocycles. The Morgan fingerprint density at radius 3 is 2.29 bits per heavy atom. The summed E-state index contributed by atoms with van der Waals surface area (Å²) >= 11 is 1.10. The fourth-order valence-electron chi connectivity index (χ4n) is 2.98. The van der Waals surface area contributed by atoms with Gasteiger partial charge in [-0.3, -0.25) is 4.72 Å². The number of rotatable bonds is 7. The Hall–Kier alpha value is -3.43. The third-order valence-electron chi connectivity index (χ3n) is 4.36. The van der Waals surface area contributed by atoms with Crippen LogP contribution in [0.5, 0.6) is 17.2 Å². The number of para-hydroxylation sites is 2. The van der Waals surface area contributed by atoms with Crippen molar-refractivity contribution in [1.29, 1.82) is 0 Å². The minimum absolute atomic E-state index is 0.158. The van der Waals surface area contributed by atoms with E-state index in [9.17, 15) is 12.8 Å². The van der Waals surface area contributed by atoms with Crippen LogP contribution in [0.25, 0.3) is 11.1 Å². The Kier molecular flexibility index (Phi) is 5.88. The maximum Gasteiger partial charge on any atom is 0.266 e. The van der Waals surface area contributed by atoms with Crippen LogP contribution >= 0.6 is 11.3 Å². The Bertz CT molecular complexity index is 1310. The predicted molar refractivity (Wildman–Crippen MR) is 118 cm³/mol. The highest BCUT2D eigenvalue weighted by Gasteiger charge is 2.21. The SMILES string of the molecule is COc1ccccc1-c1ccccc1Oc1ccc(S(=O)(=O)Nc2nccs2)c(F)c1. The number of benzene rings is 3. The number of thiazole rings is 1. The van der Waals surface area contributed by atoms with E-state index in [1.165, 1.54) is 12.3 Å². The van der Waals surface area contributed by atoms with Gasteiger partial charge in [-0.05, 0) is 24.3 Å². The lowest BCUT2D eigenvalue weighted by Gasteiger charge is -2.14. The third kappa shape index (κ3) is 4.52. The molecule has 0 atom stereocenters. The highest BCUT2D eigenvalue weighted by Crippen LogP contribution is 2.38. The highest BCUT2D eigenvalue weighted by atomic mass is 32.2. The van der Waals surface area contributed by atoms with Crippen molar-refractivity contribution >= 4 is 26.5 Å². The highest BCUT2D eigenvalue weighted by molar-refractivity contribution is 7.93. The molecule has 0 fully saturated rings. The van der Waals surface area contributed by atoms with Crippen molar-refractivity contribution in [3.8, 4) is 28.4 Å². The lowest BCUT2D eigenvalue weighted by molar-refractivity contribution is 0.416. The molecule has 4 rings (SSSR count). The smallest absolute Gasteiger partial charge is 0.266 e. The van der Waals surface area contributed by atoms with Crippen molar-refractivity contribution in [2.75, 3.05) is 11.8 Å². The topological polar surface area (TPSA) is 77.5 Å². The Labute approximate surface area is 183 Å². The molecule has 0 spiro atoms. The molecule has 1 aromatic heterocycles. The second-order valence-corrected chi connectivity index (χ2v) is 8.88. The molecule has 0 radical (unpaired) electrons. The van der Waals surface area contributed by atoms with E-state index in [0.29, 0.717) is 11.5 Å². The third-order valence-corrected chi connectivity index (χ3v) is 6.55. The van der Waals surface area contributed by atoms with Gasteiger partial charge in [-0.15, -0.1) is 11.3 Å². The number of nitrogens with zero attached hydrogens (tertiary/aromatic N) is 1. The number of halogens is 1. The summed E-state index contributed by atoms with van der Waals surface area (Å²) in [6.45, 7) is 0. The Morgan fingerprint density at radius 2 is 1.65 bits per heavy atom. The zero-order chi connectivity index (χ0) is 21.8. The van der Waals surface area contributed by atoms with E-state index in [-0.39, 0.29) is 10.9 Å². The lowest BCUT2D eigenvalue weighted by Crippen LogP contribution is -2.14. The van der Waals surface area contributed by atoms with Gasteiger partial charge in [0, 0.05) is 28.8 Å². The molecule has 31 heavy (non-hydrogen) atoms. The summed E-state index contributed by atoms with van der Waals surface area (Å²) in [7, 11) is -2.53. The predicted octanol–water partition coefficient (Wildman–Crippen LogP) is 5.55. The minimum atomic E-state index is -4.11. The van der Waals surface area contributed by atoms with Crippen molar-refractivity contribution in [3.63, 3.8) is 0 Å². The maximum absolute atomic E-state index is 14.7. The van der Waals surface area contributed by atoms with Crippen molar-refractivity contribution in [1.82, 2.24) is 4.98 Å². The van der Waals surface area contributed by atoms with Gasteiger partial charge in [0.05, 0.1) is 7.11 Å². The second kappa shape index (κ2) is 8.75. The van der Waals surface area contributed by atoms with Crippen molar-refractivity contribution in [2.24, 2.45) is 0 Å². The van der Waals surface area contributed by atoms with Gasteiger partial charge < -0.3 is 9.47 Å². The number of methoxy groups -OCH3 is 1. The number of aromatic nitrogens is 1. The average Bonchev–Trinajstić information content (AvgIpc) is 3.26. The molecule has 0 unspecified atom stereocenters. The van der Waals surface area contributed by atoms with E-state index >= 15 is 0 Å². The molecule has 158 valence electrons. The average molecular weight is 457 g/mol. The van der Waals surface area contributed by atoms with Gasteiger partial charge >= 0.3 is 0 Å². The maximum atomic E-state index is 14.7. The molecule has 0 saturated heterocycles. The van der Waals surface area contributed by atoms with Gasteiger partial charge in [0.15, 0.2) is 5.13 Å². The summed E-state index contributed by atoms with van der Waals surface area (Å²) in [5.41, 5.74) is 1.57. The first-order valence-electron chi connectivity index (χ1n) is 9.10. The van der Waals surface area contributed by atoms with Crippen LogP contribution in [0.4, 0.5) is 9.52 Å². The van der Waals surface area contributed by atoms with E-state index in [2.05, 4.69) is 9.71 Å². The number of anilines is 1. The van der Waals surface area contributed by atoms with Crippen LogP contribution < -0.4 is 14.2 Å². The molecule has 1 heterocycles. The zero-order valence-electron chi connectivity index (χ0n) is 16.3. The number of ether oxygens (including phenoxy) is 2. The zero-order valence-corrected chi connectivity index (χ0v) is 17.9. The Morgan fingerprint density at radius 1 is 0.968 bits per heavy atom. The Balaban J connectivity index is 1.64. The number of sulfonamides is 1. The fourth-order valence-corrected chi connectivity index (χ4v) is 4.83. The molecular formula is C22H17FN2O4S2. The van der Waals surface area contributed by atoms with Crippen molar-refractivity contribution in [2.45, 2.75) is 4.90 Å². The second-order valence-electron chi connectivity index (χ2n) is 6.33. The standard InChI is InChI=1S/C22H17FN2O4S2/c1-28-19-8-4-2-6-16(19)17-7-3-5-9-20(17)29-15-10-11-21(18(23)14-15)31(26,27)25-22-24-12-13-30-22/h2-14H,1H3,(H,24,25). The van der Waals surface area contributed by atoms with Crippen LogP contribution in [0.2, 0.25) is 0 Å². The summed E-state index contributed by atoms with van der Waals surface area (Å²) in [6, 6.07) is 18.3. The van der Waals surface area contributed by atoms with Gasteiger partial charge in [0.25, 0.3) is 10.0 Å². The van der Waals surface area contributed by atoms with E-state index in [0.717, 1.165) is 34.6 Å². The molecule has 0 amide bonds. The largest absolute Gasteiger partial charge is 0.496 e. The van der Waals surface area contributed by atoms with Crippen LogP contribution in [0.3, 0.4) is 0 Å². The first-order valence-corrected chi connectivity index (χ1v) is 11.5. The van der Waals surface area contributed by atoms with Crippen molar-refractivity contribution in [3.05, 3.63) is 84.1 Å². The molecule has 4 aromatic rings. The van der Waals surface area contributed by atoms with Crippen LogP contribution in [-0.4, -0.2) is 20.5 Å². The van der Waals surface area contributed by atoms with Gasteiger partial charge in [-0.2, -0.15) is 0 Å². The number of hydrogen-bond donors (Lipinski definition) is 1. The van der Waals surface area contributed by atoms with Crippen molar-refractivity contribution < 1.29 is 22.3 Å². The van der Waals surface area contributed by atoms with Crippen LogP contribution in [-0.2, 0) is 10.0 Å². The van der Waals surface area contributed by atoms with E-state index in [1.807, 2.05) is 36.4 Å². The molecule has 0 aliphatic rings. The molecule has 6 nitrogen and oxygen atoms in total. The summed E-state index contributed by atoms with van der Waals surface area (Å²) in [4.78, 5) is 3.36. The number of hydrogen-bond acceptors (Lipinski definition) is 6. The van der Waals surface area contributed by atoms with Crippen LogP contribution in [0, 0.1) is 5.82 Å². The van der Waals surface area contributed by atoms with Gasteiger partial charge in [0.2, 0.25) is 0 Å². The molecule has 0 saturated carbocycles. The van der Waals surface area contributed by atoms with E-state index in [1.54, 1.807) is 24.6 Å². The molecule has 9 heteroatoms. The summed E-state index contributed by atoms with van der Waals surface area (Å²) in [6.07, 6.45) is 1.45. The van der Waals surface area contributed by atoms with Gasteiger partial charge in [-0.1, -0.05) is 36.4 Å². The first-order chi connectivity index (χ1) is 15.0. The molecular weight excluding hydrogens is 439 g/mol.